The van der Waals surface area contributed by atoms with Gasteiger partial charge in [-0.1, -0.05) is 46.3 Å². The number of rotatable bonds is 12. The van der Waals surface area contributed by atoms with Crippen LogP contribution in [0.5, 0.6) is 0 Å². The fourth-order valence-electron chi connectivity index (χ4n) is 16.3. The molecule has 9 rings (SSSR count). The molecule has 0 aromatic heterocycles. The topological polar surface area (TPSA) is 391 Å². The Balaban J connectivity index is 0.990. The second kappa shape index (κ2) is 21.3. The van der Waals surface area contributed by atoms with Crippen molar-refractivity contribution in [3.05, 3.63) is 11.6 Å². The molecular weight excluding hydrogens is 1020 g/mol. The molecule has 0 amide bonds. The van der Waals surface area contributed by atoms with E-state index in [4.69, 9.17) is 37.9 Å². The Kier molecular flexibility index (Phi) is 16.4. The second-order valence-electron chi connectivity index (χ2n) is 25.7. The molecule has 0 radical (unpaired) electrons. The minimum Gasteiger partial charge on any atom is -0.481 e. The van der Waals surface area contributed by atoms with Gasteiger partial charge in [-0.2, -0.15) is 0 Å². The maximum absolute atomic E-state index is 13.2. The van der Waals surface area contributed by atoms with Gasteiger partial charge in [-0.25, -0.2) is 4.79 Å². The number of aliphatic hydroxyl groups is 12. The largest absolute Gasteiger partial charge is 0.481 e. The Morgan fingerprint density at radius 1 is 0.610 bits per heavy atom. The van der Waals surface area contributed by atoms with Gasteiger partial charge in [-0.15, -0.1) is 0 Å². The number of fused-ring (bicyclic) bond motifs is 7. The summed E-state index contributed by atoms with van der Waals surface area (Å²) in [6.07, 6.45) is -27.4. The Morgan fingerprint density at radius 3 is 1.87 bits per heavy atom. The van der Waals surface area contributed by atoms with Crippen molar-refractivity contribution in [1.82, 2.24) is 0 Å². The lowest BCUT2D eigenvalue weighted by Gasteiger charge is -2.72. The van der Waals surface area contributed by atoms with Crippen LogP contribution in [0.4, 0.5) is 0 Å². The van der Waals surface area contributed by atoms with Crippen molar-refractivity contribution in [3.63, 3.8) is 0 Å². The molecular formula is C53H84O24. The van der Waals surface area contributed by atoms with Crippen molar-refractivity contribution < 1.29 is 119 Å². The Morgan fingerprint density at radius 2 is 1.23 bits per heavy atom. The molecule has 30 atom stereocenters. The van der Waals surface area contributed by atoms with Crippen molar-refractivity contribution >= 4 is 11.9 Å². The molecule has 4 heterocycles. The van der Waals surface area contributed by atoms with Gasteiger partial charge < -0.3 is 109 Å². The van der Waals surface area contributed by atoms with E-state index in [2.05, 4.69) is 33.8 Å². The molecule has 440 valence electrons. The zero-order chi connectivity index (χ0) is 56.4. The van der Waals surface area contributed by atoms with Gasteiger partial charge in [0.1, 0.15) is 79.4 Å². The van der Waals surface area contributed by atoms with E-state index in [0.717, 1.165) is 6.42 Å². The third kappa shape index (κ3) is 9.46. The first-order valence-corrected chi connectivity index (χ1v) is 27.3. The van der Waals surface area contributed by atoms with E-state index in [0.29, 0.717) is 38.5 Å². The molecule has 4 aliphatic heterocycles. The van der Waals surface area contributed by atoms with Crippen molar-refractivity contribution in [1.29, 1.82) is 0 Å². The molecule has 8 fully saturated rings. The highest BCUT2D eigenvalue weighted by molar-refractivity contribution is 5.75. The van der Waals surface area contributed by atoms with Crippen LogP contribution in [0, 0.1) is 50.2 Å². The number of allylic oxidation sites excluding steroid dienone is 2. The molecule has 24 nitrogen and oxygen atoms in total. The van der Waals surface area contributed by atoms with E-state index in [1.807, 2.05) is 6.92 Å². The summed E-state index contributed by atoms with van der Waals surface area (Å²) in [4.78, 5) is 25.8. The van der Waals surface area contributed by atoms with Gasteiger partial charge in [0.2, 0.25) is 0 Å². The number of hydrogen-bond acceptors (Lipinski definition) is 22. The number of carboxylic acid groups (broad SMARTS) is 2. The maximum atomic E-state index is 13.2. The molecule has 5 aliphatic carbocycles. The summed E-state index contributed by atoms with van der Waals surface area (Å²) < 4.78 is 48.5. The van der Waals surface area contributed by atoms with Crippen LogP contribution in [0.25, 0.3) is 0 Å². The smallest absolute Gasteiger partial charge is 0.335 e. The minimum absolute atomic E-state index is 0.0370. The third-order valence-electron chi connectivity index (χ3n) is 21.5. The van der Waals surface area contributed by atoms with Gasteiger partial charge in [0.25, 0.3) is 0 Å². The van der Waals surface area contributed by atoms with Crippen LogP contribution in [0.1, 0.15) is 106 Å². The molecule has 0 spiro atoms. The summed E-state index contributed by atoms with van der Waals surface area (Å²) in [5.74, 6) is -3.06. The van der Waals surface area contributed by atoms with E-state index < -0.39 is 181 Å². The first kappa shape index (κ1) is 59.5. The van der Waals surface area contributed by atoms with Crippen LogP contribution in [-0.4, -0.2) is 232 Å². The average molecular weight is 1110 g/mol. The van der Waals surface area contributed by atoms with Crippen molar-refractivity contribution in [3.8, 4) is 0 Å². The van der Waals surface area contributed by atoms with Crippen molar-refractivity contribution in [2.45, 2.75) is 235 Å². The molecule has 0 aromatic rings. The molecule has 9 aliphatic rings. The highest BCUT2D eigenvalue weighted by atomic mass is 16.8. The Labute approximate surface area is 446 Å². The van der Waals surface area contributed by atoms with Crippen LogP contribution in [0.15, 0.2) is 11.6 Å². The quantitative estimate of drug-likeness (QED) is 0.0760. The van der Waals surface area contributed by atoms with Crippen molar-refractivity contribution in [2.24, 2.45) is 50.2 Å². The highest BCUT2D eigenvalue weighted by Gasteiger charge is 2.71. The van der Waals surface area contributed by atoms with E-state index in [9.17, 15) is 81.1 Å². The summed E-state index contributed by atoms with van der Waals surface area (Å²) >= 11 is 0. The average Bonchev–Trinajstić information content (AvgIpc) is 3.38. The van der Waals surface area contributed by atoms with Crippen LogP contribution in [0.2, 0.25) is 0 Å². The molecule has 77 heavy (non-hydrogen) atoms. The molecule has 0 unspecified atom stereocenters. The molecule has 14 N–H and O–H groups in total. The molecule has 4 saturated carbocycles. The predicted molar refractivity (Wildman–Crippen MR) is 259 cm³/mol. The summed E-state index contributed by atoms with van der Waals surface area (Å²) in [5, 5.41) is 151. The zero-order valence-corrected chi connectivity index (χ0v) is 44.8. The van der Waals surface area contributed by atoms with E-state index in [-0.39, 0.29) is 42.6 Å². The Hall–Kier alpha value is -2.12. The third-order valence-corrected chi connectivity index (χ3v) is 21.5. The molecule has 24 heteroatoms. The molecule has 0 aromatic carbocycles. The monoisotopic (exact) mass is 1100 g/mol. The minimum atomic E-state index is -2.13. The zero-order valence-electron chi connectivity index (χ0n) is 44.8. The van der Waals surface area contributed by atoms with Crippen LogP contribution < -0.4 is 0 Å². The lowest BCUT2D eigenvalue weighted by molar-refractivity contribution is -0.396. The van der Waals surface area contributed by atoms with Crippen LogP contribution >= 0.6 is 0 Å². The lowest BCUT2D eigenvalue weighted by atomic mass is 9.33. The van der Waals surface area contributed by atoms with Crippen LogP contribution in [-0.2, 0) is 47.5 Å². The summed E-state index contributed by atoms with van der Waals surface area (Å²) in [6, 6.07) is 0. The SMILES string of the molecule is C[C@@H]1O[C@@H](O[C@H]2[C@H](O[C@H]3[C@H](O[C@H]4CC[C@@]5(C)[C@@H](CC[C@]6(C)[C@@H]5CC=C5[C@@H]7C[C@](C)(C(=O)O)C[C@@H](O[C@@H]8OC[C@H](O)[C@H](O)[C@H]8O)[C@]7(C)CC[C@]56C)[C@@]4(C)CO)O[C@H](C(=O)O)[C@@H](O)[C@@H]3O)O[C@H](CO)[C@H](O)[C@@H]2O)[C@H](O)[C@H](O)[C@H]1O. The predicted octanol–water partition coefficient (Wildman–Crippen LogP) is -1.77. The van der Waals surface area contributed by atoms with Gasteiger partial charge in [0, 0.05) is 10.8 Å². The Bertz CT molecular complexity index is 2190. The summed E-state index contributed by atoms with van der Waals surface area (Å²) in [5.41, 5.74) is -2.92. The molecule has 0 bridgehead atoms. The van der Waals surface area contributed by atoms with Gasteiger partial charge in [-0.05, 0) is 106 Å². The van der Waals surface area contributed by atoms with Crippen molar-refractivity contribution in [2.75, 3.05) is 19.8 Å². The highest BCUT2D eigenvalue weighted by Crippen LogP contribution is 2.76. The number of aliphatic carboxylic acids is 2. The number of hydrogen-bond donors (Lipinski definition) is 14. The van der Waals surface area contributed by atoms with Gasteiger partial charge in [0.05, 0.1) is 43.5 Å². The van der Waals surface area contributed by atoms with Gasteiger partial charge >= 0.3 is 11.9 Å². The van der Waals surface area contributed by atoms with Crippen LogP contribution in [0.3, 0.4) is 0 Å². The number of carboxylic acids is 2. The fourth-order valence-corrected chi connectivity index (χ4v) is 16.3. The molecule has 4 saturated heterocycles. The fraction of sp³-hybridized carbons (Fsp3) is 0.925. The van der Waals surface area contributed by atoms with E-state index in [1.165, 1.54) is 12.5 Å². The standard InChI is InChI=1S/C53H84O24/c1-21-30(57)33(60)38(65)44(71-21)76-40-34(61)32(59)25(18-54)72-45(40)77-41-36(63)35(62)39(42(66)67)75-46(41)73-28-11-12-50(4)26(51(28,5)20-55)10-13-53(7)27(50)9-8-22-23-16-48(2,47(68)69)17-29(49(23,3)14-15-52(22,53)6)74-43-37(64)31(58)24(56)19-70-43/h8,21,23-41,43-46,54-65H,9-20H2,1-7H3,(H,66,67)(H,68,69)/t21-,23-,24-,25+,26+,27+,28-,29+,30-,31-,32-,33+,34-,35-,36-,37+,38+,39-,40+,41+,43-,44-,45-,46+,48-,49+,50-,51+,52+,53+/m0/s1. The maximum Gasteiger partial charge on any atom is 0.335 e. The first-order valence-electron chi connectivity index (χ1n) is 27.3. The normalized spacial score (nSPS) is 55.9. The lowest BCUT2D eigenvalue weighted by Crippen LogP contribution is -2.68. The van der Waals surface area contributed by atoms with Gasteiger partial charge in [0.15, 0.2) is 31.3 Å². The van der Waals surface area contributed by atoms with Gasteiger partial charge in [-0.3, -0.25) is 4.79 Å². The summed E-state index contributed by atoms with van der Waals surface area (Å²) in [6.45, 7) is 12.4. The summed E-state index contributed by atoms with van der Waals surface area (Å²) in [7, 11) is 0. The first-order chi connectivity index (χ1) is 36.0. The van der Waals surface area contributed by atoms with E-state index in [1.54, 1.807) is 6.92 Å². The second-order valence-corrected chi connectivity index (χ2v) is 25.7. The van der Waals surface area contributed by atoms with E-state index >= 15 is 0 Å². The number of aliphatic hydroxyl groups excluding tert-OH is 12. The number of ether oxygens (including phenoxy) is 8. The number of carbonyl (C=O) groups is 2.